The highest BCUT2D eigenvalue weighted by atomic mass is 32.1. The maximum Gasteiger partial charge on any atom is 0.195 e. The van der Waals surface area contributed by atoms with Crippen LogP contribution in [0.5, 0.6) is 0 Å². The van der Waals surface area contributed by atoms with Crippen LogP contribution in [0.4, 0.5) is 0 Å². The Labute approximate surface area is 94.6 Å². The third kappa shape index (κ3) is 2.13. The molecule has 2 rings (SSSR count). The summed E-state index contributed by atoms with van der Waals surface area (Å²) in [5.74, 6) is 1.47. The van der Waals surface area contributed by atoms with Gasteiger partial charge in [-0.25, -0.2) is 0 Å². The van der Waals surface area contributed by atoms with Gasteiger partial charge in [0.15, 0.2) is 4.77 Å². The fraction of sp³-hybridized carbons (Fsp3) is 0.800. The highest BCUT2D eigenvalue weighted by molar-refractivity contribution is 7.71. The van der Waals surface area contributed by atoms with Gasteiger partial charge < -0.3 is 9.30 Å². The molecule has 0 aromatic carbocycles. The third-order valence-corrected chi connectivity index (χ3v) is 3.09. The first-order valence-electron chi connectivity index (χ1n) is 5.44. The first-order chi connectivity index (χ1) is 7.20. The molecule has 15 heavy (non-hydrogen) atoms. The van der Waals surface area contributed by atoms with Crippen molar-refractivity contribution in [1.82, 2.24) is 14.8 Å². The molecule has 0 atom stereocenters. The van der Waals surface area contributed by atoms with E-state index >= 15 is 0 Å². The standard InChI is InChI=1S/C10H17N3OS/c1-7(2)9-11-12-10(15)13(9)8-3-5-14-6-4-8/h7-8H,3-6H2,1-2H3,(H,12,15). The summed E-state index contributed by atoms with van der Waals surface area (Å²) >= 11 is 5.28. The largest absolute Gasteiger partial charge is 0.381 e. The molecule has 0 radical (unpaired) electrons. The Hall–Kier alpha value is -0.680. The van der Waals surface area contributed by atoms with Gasteiger partial charge in [-0.2, -0.15) is 5.10 Å². The quantitative estimate of drug-likeness (QED) is 0.789. The molecule has 0 unspecified atom stereocenters. The van der Waals surface area contributed by atoms with Gasteiger partial charge in [-0.05, 0) is 25.1 Å². The first-order valence-corrected chi connectivity index (χ1v) is 5.85. The summed E-state index contributed by atoms with van der Waals surface area (Å²) < 4.78 is 8.27. The Bertz CT molecular complexity index is 376. The van der Waals surface area contributed by atoms with E-state index in [4.69, 9.17) is 17.0 Å². The summed E-state index contributed by atoms with van der Waals surface area (Å²) in [7, 11) is 0. The van der Waals surface area contributed by atoms with Crippen molar-refractivity contribution in [3.05, 3.63) is 10.6 Å². The molecule has 0 saturated carbocycles. The van der Waals surface area contributed by atoms with Crippen molar-refractivity contribution >= 4 is 12.2 Å². The molecule has 1 aromatic heterocycles. The fourth-order valence-electron chi connectivity index (χ4n) is 2.02. The maximum atomic E-state index is 5.36. The predicted octanol–water partition coefficient (Wildman–Crippen LogP) is 2.42. The molecular weight excluding hydrogens is 210 g/mol. The lowest BCUT2D eigenvalue weighted by atomic mass is 10.1. The van der Waals surface area contributed by atoms with Gasteiger partial charge in [0.25, 0.3) is 0 Å². The number of nitrogens with zero attached hydrogens (tertiary/aromatic N) is 2. The number of rotatable bonds is 2. The number of aromatic amines is 1. The van der Waals surface area contributed by atoms with Crippen LogP contribution in [0.2, 0.25) is 0 Å². The molecule has 84 valence electrons. The lowest BCUT2D eigenvalue weighted by molar-refractivity contribution is 0.0682. The summed E-state index contributed by atoms with van der Waals surface area (Å²) in [5.41, 5.74) is 0. The predicted molar refractivity (Wildman–Crippen MR) is 60.6 cm³/mol. The van der Waals surface area contributed by atoms with E-state index in [0.29, 0.717) is 12.0 Å². The van der Waals surface area contributed by atoms with E-state index in [1.807, 2.05) is 0 Å². The zero-order valence-corrected chi connectivity index (χ0v) is 10.0. The summed E-state index contributed by atoms with van der Waals surface area (Å²) in [5, 5.41) is 7.19. The van der Waals surface area contributed by atoms with Crippen LogP contribution in [0.3, 0.4) is 0 Å². The highest BCUT2D eigenvalue weighted by Gasteiger charge is 2.21. The van der Waals surface area contributed by atoms with Crippen molar-refractivity contribution in [1.29, 1.82) is 0 Å². The van der Waals surface area contributed by atoms with Crippen LogP contribution < -0.4 is 0 Å². The molecule has 1 saturated heterocycles. The van der Waals surface area contributed by atoms with Crippen molar-refractivity contribution in [2.75, 3.05) is 13.2 Å². The summed E-state index contributed by atoms with van der Waals surface area (Å²) in [6, 6.07) is 0.461. The van der Waals surface area contributed by atoms with Crippen molar-refractivity contribution in [3.63, 3.8) is 0 Å². The normalized spacial score (nSPS) is 18.6. The van der Waals surface area contributed by atoms with E-state index in [2.05, 4.69) is 28.6 Å². The van der Waals surface area contributed by atoms with Gasteiger partial charge in [0, 0.05) is 25.2 Å². The average molecular weight is 227 g/mol. The zero-order chi connectivity index (χ0) is 10.8. The molecular formula is C10H17N3OS. The molecule has 5 heteroatoms. The van der Waals surface area contributed by atoms with Gasteiger partial charge in [0.05, 0.1) is 0 Å². The fourth-order valence-corrected chi connectivity index (χ4v) is 2.31. The summed E-state index contributed by atoms with van der Waals surface area (Å²) in [4.78, 5) is 0. The summed E-state index contributed by atoms with van der Waals surface area (Å²) in [6.45, 7) is 5.94. The lowest BCUT2D eigenvalue weighted by Gasteiger charge is -2.25. The molecule has 1 aromatic rings. The molecule has 0 aliphatic carbocycles. The second-order valence-corrected chi connectivity index (χ2v) is 4.64. The first kappa shape index (κ1) is 10.8. The number of ether oxygens (including phenoxy) is 1. The third-order valence-electron chi connectivity index (χ3n) is 2.80. The van der Waals surface area contributed by atoms with Gasteiger partial charge in [-0.3, -0.25) is 5.10 Å². The minimum atomic E-state index is 0.404. The van der Waals surface area contributed by atoms with Crippen LogP contribution in [-0.4, -0.2) is 28.0 Å². The van der Waals surface area contributed by atoms with Crippen LogP contribution in [-0.2, 0) is 4.74 Å². The van der Waals surface area contributed by atoms with Gasteiger partial charge in [0.2, 0.25) is 0 Å². The minimum absolute atomic E-state index is 0.404. The van der Waals surface area contributed by atoms with Crippen LogP contribution in [0, 0.1) is 4.77 Å². The van der Waals surface area contributed by atoms with E-state index in [1.165, 1.54) is 0 Å². The number of H-pyrrole nitrogens is 1. The molecule has 1 N–H and O–H groups in total. The highest BCUT2D eigenvalue weighted by Crippen LogP contribution is 2.25. The molecule has 1 fully saturated rings. The average Bonchev–Trinajstić information content (AvgIpc) is 2.61. The maximum absolute atomic E-state index is 5.36. The van der Waals surface area contributed by atoms with E-state index in [9.17, 15) is 0 Å². The van der Waals surface area contributed by atoms with Gasteiger partial charge in [0.1, 0.15) is 5.82 Å². The monoisotopic (exact) mass is 227 g/mol. The molecule has 0 bridgehead atoms. The summed E-state index contributed by atoms with van der Waals surface area (Å²) in [6.07, 6.45) is 2.07. The lowest BCUT2D eigenvalue weighted by Crippen LogP contribution is -2.21. The Kier molecular flexibility index (Phi) is 3.21. The minimum Gasteiger partial charge on any atom is -0.381 e. The van der Waals surface area contributed by atoms with E-state index < -0.39 is 0 Å². The number of aromatic nitrogens is 3. The second kappa shape index (κ2) is 4.45. The van der Waals surface area contributed by atoms with Crippen molar-refractivity contribution < 1.29 is 4.74 Å². The van der Waals surface area contributed by atoms with Gasteiger partial charge in [-0.1, -0.05) is 13.8 Å². The van der Waals surface area contributed by atoms with Gasteiger partial charge in [-0.15, -0.1) is 0 Å². The van der Waals surface area contributed by atoms with Crippen molar-refractivity contribution in [2.45, 2.75) is 38.6 Å². The van der Waals surface area contributed by atoms with E-state index in [-0.39, 0.29) is 0 Å². The molecule has 1 aliphatic heterocycles. The molecule has 1 aliphatic rings. The van der Waals surface area contributed by atoms with E-state index in [1.54, 1.807) is 0 Å². The van der Waals surface area contributed by atoms with Crippen LogP contribution >= 0.6 is 12.2 Å². The van der Waals surface area contributed by atoms with E-state index in [0.717, 1.165) is 36.7 Å². The van der Waals surface area contributed by atoms with Crippen LogP contribution in [0.15, 0.2) is 0 Å². The number of hydrogen-bond donors (Lipinski definition) is 1. The Balaban J connectivity index is 2.32. The Morgan fingerprint density at radius 3 is 2.73 bits per heavy atom. The molecule has 0 spiro atoms. The molecule has 4 nitrogen and oxygen atoms in total. The van der Waals surface area contributed by atoms with Crippen LogP contribution in [0.1, 0.15) is 44.5 Å². The van der Waals surface area contributed by atoms with Gasteiger partial charge >= 0.3 is 0 Å². The molecule has 2 heterocycles. The van der Waals surface area contributed by atoms with Crippen LogP contribution in [0.25, 0.3) is 0 Å². The van der Waals surface area contributed by atoms with Crippen molar-refractivity contribution in [3.8, 4) is 0 Å². The molecule has 0 amide bonds. The smallest absolute Gasteiger partial charge is 0.195 e. The SMILES string of the molecule is CC(C)c1n[nH]c(=S)n1C1CCOCC1. The zero-order valence-electron chi connectivity index (χ0n) is 9.19. The second-order valence-electron chi connectivity index (χ2n) is 4.26. The Morgan fingerprint density at radius 2 is 2.13 bits per heavy atom. The topological polar surface area (TPSA) is 42.8 Å². The number of nitrogens with one attached hydrogen (secondary N) is 1. The van der Waals surface area contributed by atoms with Crippen molar-refractivity contribution in [2.24, 2.45) is 0 Å². The Morgan fingerprint density at radius 1 is 1.47 bits per heavy atom. The number of hydrogen-bond acceptors (Lipinski definition) is 3.